The molecule has 1 aromatic heterocycles. The summed E-state index contributed by atoms with van der Waals surface area (Å²) in [6.07, 6.45) is 0.503. The third-order valence-corrected chi connectivity index (χ3v) is 5.02. The van der Waals surface area contributed by atoms with Gasteiger partial charge in [-0.05, 0) is 42.3 Å². The molecule has 2 heterocycles. The number of hydrogen-bond acceptors (Lipinski definition) is 3. The first-order valence-corrected chi connectivity index (χ1v) is 9.63. The second-order valence-corrected chi connectivity index (χ2v) is 7.37. The van der Waals surface area contributed by atoms with Crippen molar-refractivity contribution in [1.82, 2.24) is 9.88 Å². The summed E-state index contributed by atoms with van der Waals surface area (Å²) in [5.41, 5.74) is 0.169. The molecular weight excluding hydrogens is 435 g/mol. The fourth-order valence-corrected chi connectivity index (χ4v) is 3.22. The highest BCUT2D eigenvalue weighted by molar-refractivity contribution is 9.10. The lowest BCUT2D eigenvalue weighted by Gasteiger charge is -2.22. The zero-order valence-corrected chi connectivity index (χ0v) is 16.6. The Labute approximate surface area is 169 Å². The molecular formula is C20H19BrF3N3O. The minimum Gasteiger partial charge on any atom is -0.355 e. The van der Waals surface area contributed by atoms with E-state index in [-0.39, 0.29) is 5.91 Å². The van der Waals surface area contributed by atoms with Crippen LogP contribution in [0.25, 0.3) is 6.08 Å². The van der Waals surface area contributed by atoms with Crippen LogP contribution in [0.1, 0.15) is 17.5 Å². The van der Waals surface area contributed by atoms with Crippen molar-refractivity contribution in [3.63, 3.8) is 0 Å². The summed E-state index contributed by atoms with van der Waals surface area (Å²) in [6.45, 7) is 2.25. The molecule has 1 fully saturated rings. The average Bonchev–Trinajstić information content (AvgIpc) is 2.93. The fraction of sp³-hybridized carbons (Fsp3) is 0.300. The molecule has 1 amide bonds. The number of hydrogen-bond donors (Lipinski definition) is 0. The first-order valence-electron chi connectivity index (χ1n) is 8.84. The molecule has 4 nitrogen and oxygen atoms in total. The van der Waals surface area contributed by atoms with E-state index in [2.05, 4.69) is 20.9 Å². The quantitative estimate of drug-likeness (QED) is 0.636. The second kappa shape index (κ2) is 8.77. The van der Waals surface area contributed by atoms with Crippen molar-refractivity contribution in [3.8, 4) is 0 Å². The highest BCUT2D eigenvalue weighted by atomic mass is 79.9. The summed E-state index contributed by atoms with van der Waals surface area (Å²) in [7, 11) is 0. The molecule has 0 atom stereocenters. The van der Waals surface area contributed by atoms with Gasteiger partial charge in [-0.1, -0.05) is 28.1 Å². The fourth-order valence-electron chi connectivity index (χ4n) is 2.95. The summed E-state index contributed by atoms with van der Waals surface area (Å²) < 4.78 is 39.0. The molecule has 28 heavy (non-hydrogen) atoms. The Balaban J connectivity index is 1.59. The normalized spacial score (nSPS) is 15.7. The van der Waals surface area contributed by atoms with Crippen molar-refractivity contribution in [2.45, 2.75) is 12.6 Å². The predicted molar refractivity (Wildman–Crippen MR) is 106 cm³/mol. The minimum atomic E-state index is -4.39. The Kier molecular flexibility index (Phi) is 6.39. The van der Waals surface area contributed by atoms with Crippen LogP contribution < -0.4 is 4.90 Å². The second-order valence-electron chi connectivity index (χ2n) is 6.45. The molecule has 1 saturated heterocycles. The van der Waals surface area contributed by atoms with Gasteiger partial charge in [0.25, 0.3) is 0 Å². The number of aromatic nitrogens is 1. The van der Waals surface area contributed by atoms with E-state index in [0.717, 1.165) is 28.7 Å². The number of benzene rings is 1. The molecule has 0 saturated carbocycles. The number of pyridine rings is 1. The lowest BCUT2D eigenvalue weighted by atomic mass is 10.2. The molecule has 3 rings (SSSR count). The molecule has 2 aromatic rings. The van der Waals surface area contributed by atoms with Crippen molar-refractivity contribution in [2.24, 2.45) is 0 Å². The number of carbonyl (C=O) groups is 1. The maximum absolute atomic E-state index is 12.7. The molecule has 0 bridgehead atoms. The number of nitrogens with zero attached hydrogens (tertiary/aromatic N) is 3. The van der Waals surface area contributed by atoms with Gasteiger partial charge < -0.3 is 9.80 Å². The average molecular weight is 454 g/mol. The molecule has 8 heteroatoms. The Morgan fingerprint density at radius 1 is 1.04 bits per heavy atom. The van der Waals surface area contributed by atoms with Gasteiger partial charge in [0, 0.05) is 42.9 Å². The Bertz CT molecular complexity index is 835. The van der Waals surface area contributed by atoms with Gasteiger partial charge in [0.05, 0.1) is 5.56 Å². The van der Waals surface area contributed by atoms with Gasteiger partial charge in [0.2, 0.25) is 5.91 Å². The number of alkyl halides is 3. The number of carbonyl (C=O) groups excluding carboxylic acids is 1. The molecule has 1 aliphatic heterocycles. The van der Waals surface area contributed by atoms with Crippen molar-refractivity contribution in [1.29, 1.82) is 0 Å². The Hall–Kier alpha value is -2.35. The number of halogens is 4. The topological polar surface area (TPSA) is 36.4 Å². The molecule has 0 radical (unpaired) electrons. The van der Waals surface area contributed by atoms with Crippen molar-refractivity contribution in [2.75, 3.05) is 31.1 Å². The summed E-state index contributed by atoms with van der Waals surface area (Å²) >= 11 is 3.37. The Morgan fingerprint density at radius 2 is 1.79 bits per heavy atom. The predicted octanol–water partition coefficient (Wildman–Crippen LogP) is 4.62. The van der Waals surface area contributed by atoms with Crippen molar-refractivity contribution < 1.29 is 18.0 Å². The molecule has 0 unspecified atom stereocenters. The van der Waals surface area contributed by atoms with E-state index in [1.165, 1.54) is 6.07 Å². The van der Waals surface area contributed by atoms with Gasteiger partial charge in [-0.15, -0.1) is 0 Å². The minimum absolute atomic E-state index is 0.0786. The summed E-state index contributed by atoms with van der Waals surface area (Å²) in [6, 6.07) is 10.1. The highest BCUT2D eigenvalue weighted by Gasteiger charge is 2.31. The molecule has 1 aliphatic rings. The lowest BCUT2D eigenvalue weighted by molar-refractivity contribution is -0.137. The lowest BCUT2D eigenvalue weighted by Crippen LogP contribution is -2.34. The van der Waals surface area contributed by atoms with Crippen LogP contribution in [-0.4, -0.2) is 42.0 Å². The van der Waals surface area contributed by atoms with Gasteiger partial charge in [0.15, 0.2) is 0 Å². The first-order chi connectivity index (χ1) is 13.3. The van der Waals surface area contributed by atoms with Crippen LogP contribution in [0.4, 0.5) is 19.0 Å². The van der Waals surface area contributed by atoms with Crippen LogP contribution in [0, 0.1) is 0 Å². The maximum Gasteiger partial charge on any atom is 0.417 e. The number of amides is 1. The summed E-state index contributed by atoms with van der Waals surface area (Å²) in [5, 5.41) is 0. The molecule has 1 aromatic carbocycles. The molecule has 0 aliphatic carbocycles. The van der Waals surface area contributed by atoms with E-state index in [1.807, 2.05) is 29.2 Å². The van der Waals surface area contributed by atoms with E-state index in [1.54, 1.807) is 17.1 Å². The third kappa shape index (κ3) is 5.34. The number of anilines is 1. The first kappa shape index (κ1) is 20.4. The van der Waals surface area contributed by atoms with E-state index >= 15 is 0 Å². The standard InChI is InChI=1S/C20H19BrF3N3O/c21-17-6-2-15(3-7-17)4-9-19(28)27-11-1-10-26(12-13-27)18-8-5-16(14-25-18)20(22,23)24/h2-9,14H,1,10-13H2/b9-4+. The van der Waals surface area contributed by atoms with Crippen LogP contribution in [0.2, 0.25) is 0 Å². The third-order valence-electron chi connectivity index (χ3n) is 4.50. The monoisotopic (exact) mass is 453 g/mol. The van der Waals surface area contributed by atoms with E-state index in [4.69, 9.17) is 0 Å². The van der Waals surface area contributed by atoms with E-state index in [9.17, 15) is 18.0 Å². The molecule has 148 valence electrons. The van der Waals surface area contributed by atoms with Crippen LogP contribution >= 0.6 is 15.9 Å². The number of rotatable bonds is 3. The maximum atomic E-state index is 12.7. The van der Waals surface area contributed by atoms with Gasteiger partial charge in [-0.25, -0.2) is 4.98 Å². The van der Waals surface area contributed by atoms with Crippen LogP contribution in [0.3, 0.4) is 0 Å². The largest absolute Gasteiger partial charge is 0.417 e. The van der Waals surface area contributed by atoms with E-state index < -0.39 is 11.7 Å². The van der Waals surface area contributed by atoms with Gasteiger partial charge in [0.1, 0.15) is 5.82 Å². The molecule has 0 N–H and O–H groups in total. The van der Waals surface area contributed by atoms with Gasteiger partial charge in [-0.2, -0.15) is 13.2 Å². The Morgan fingerprint density at radius 3 is 2.43 bits per heavy atom. The van der Waals surface area contributed by atoms with Crippen molar-refractivity contribution >= 4 is 33.7 Å². The zero-order valence-electron chi connectivity index (χ0n) is 15.0. The smallest absolute Gasteiger partial charge is 0.355 e. The van der Waals surface area contributed by atoms with Crippen LogP contribution in [0.15, 0.2) is 53.1 Å². The SMILES string of the molecule is O=C(/C=C/c1ccc(Br)cc1)N1CCCN(c2ccc(C(F)(F)F)cn2)CC1. The highest BCUT2D eigenvalue weighted by Crippen LogP contribution is 2.29. The van der Waals surface area contributed by atoms with Crippen LogP contribution in [-0.2, 0) is 11.0 Å². The summed E-state index contributed by atoms with van der Waals surface area (Å²) in [4.78, 5) is 20.1. The van der Waals surface area contributed by atoms with E-state index in [0.29, 0.717) is 32.0 Å². The van der Waals surface area contributed by atoms with Crippen molar-refractivity contribution in [3.05, 3.63) is 64.3 Å². The van der Waals surface area contributed by atoms with Gasteiger partial charge >= 0.3 is 6.18 Å². The zero-order chi connectivity index (χ0) is 20.1. The summed E-state index contributed by atoms with van der Waals surface area (Å²) in [5.74, 6) is 0.415. The molecule has 0 spiro atoms. The van der Waals surface area contributed by atoms with Crippen LogP contribution in [0.5, 0.6) is 0 Å². The van der Waals surface area contributed by atoms with Gasteiger partial charge in [-0.3, -0.25) is 4.79 Å².